The predicted octanol–water partition coefficient (Wildman–Crippen LogP) is 1.13. The minimum Gasteiger partial charge on any atom is -0.468 e. The number of ether oxygens (including phenoxy) is 1. The molecule has 0 aliphatic rings. The highest BCUT2D eigenvalue weighted by atomic mass is 35.5. The van der Waals surface area contributed by atoms with Gasteiger partial charge in [0.2, 0.25) is 0 Å². The van der Waals surface area contributed by atoms with Crippen LogP contribution in [0.3, 0.4) is 0 Å². The molecule has 6 heteroatoms. The summed E-state index contributed by atoms with van der Waals surface area (Å²) in [6.07, 6.45) is 2.02. The summed E-state index contributed by atoms with van der Waals surface area (Å²) in [6.45, 7) is 4.03. The molecule has 2 N–H and O–H groups in total. The molecule has 0 aromatic carbocycles. The highest BCUT2D eigenvalue weighted by molar-refractivity contribution is 6.31. The Morgan fingerprint density at radius 3 is 2.81 bits per heavy atom. The van der Waals surface area contributed by atoms with Gasteiger partial charge >= 0.3 is 5.97 Å². The van der Waals surface area contributed by atoms with Gasteiger partial charge in [-0.05, 0) is 20.3 Å². The first-order valence-electron chi connectivity index (χ1n) is 4.93. The van der Waals surface area contributed by atoms with E-state index in [-0.39, 0.29) is 0 Å². The second-order valence-electron chi connectivity index (χ2n) is 3.96. The molecule has 1 heterocycles. The number of nitrogens with zero attached hydrogens (tertiary/aromatic N) is 2. The number of esters is 1. The Morgan fingerprint density at radius 2 is 2.38 bits per heavy atom. The molecule has 1 atom stereocenters. The van der Waals surface area contributed by atoms with Crippen LogP contribution in [-0.4, -0.2) is 28.4 Å². The van der Waals surface area contributed by atoms with E-state index in [1.165, 1.54) is 7.11 Å². The van der Waals surface area contributed by atoms with Gasteiger partial charge in [-0.15, -0.1) is 0 Å². The Morgan fingerprint density at radius 1 is 1.75 bits per heavy atom. The molecule has 0 aliphatic carbocycles. The van der Waals surface area contributed by atoms with Gasteiger partial charge in [-0.25, -0.2) is 0 Å². The summed E-state index contributed by atoms with van der Waals surface area (Å²) >= 11 is 5.86. The largest absolute Gasteiger partial charge is 0.468 e. The first kappa shape index (κ1) is 13.0. The van der Waals surface area contributed by atoms with Crippen molar-refractivity contribution in [2.24, 2.45) is 5.73 Å². The van der Waals surface area contributed by atoms with E-state index in [1.54, 1.807) is 17.8 Å². The third-order valence-electron chi connectivity index (χ3n) is 2.54. The molecule has 0 aliphatic heterocycles. The number of hydrogen-bond donors (Lipinski definition) is 1. The second-order valence-corrected chi connectivity index (χ2v) is 4.37. The van der Waals surface area contributed by atoms with Gasteiger partial charge in [-0.2, -0.15) is 5.10 Å². The topological polar surface area (TPSA) is 70.1 Å². The monoisotopic (exact) mass is 245 g/mol. The van der Waals surface area contributed by atoms with E-state index < -0.39 is 11.5 Å². The van der Waals surface area contributed by atoms with E-state index in [0.717, 1.165) is 5.69 Å². The molecular weight excluding hydrogens is 230 g/mol. The average Bonchev–Trinajstić information content (AvgIpc) is 2.56. The van der Waals surface area contributed by atoms with Crippen molar-refractivity contribution in [2.75, 3.05) is 7.11 Å². The number of hydrogen-bond acceptors (Lipinski definition) is 4. The Kier molecular flexibility index (Phi) is 3.93. The van der Waals surface area contributed by atoms with E-state index in [0.29, 0.717) is 18.0 Å². The lowest BCUT2D eigenvalue weighted by Crippen LogP contribution is -2.46. The van der Waals surface area contributed by atoms with Crippen LogP contribution in [0.4, 0.5) is 0 Å². The van der Waals surface area contributed by atoms with Crippen molar-refractivity contribution in [2.45, 2.75) is 32.4 Å². The van der Waals surface area contributed by atoms with Crippen molar-refractivity contribution in [1.82, 2.24) is 9.78 Å². The standard InChI is InChI=1S/C10H16ClN3O2/c1-7-8(11)6-13-14(7)5-4-10(2,12)9(15)16-3/h6H,4-5,12H2,1-3H3. The first-order chi connectivity index (χ1) is 7.38. The van der Waals surface area contributed by atoms with Crippen LogP contribution < -0.4 is 5.73 Å². The molecular formula is C10H16ClN3O2. The maximum atomic E-state index is 11.3. The molecule has 1 aromatic rings. The molecule has 0 amide bonds. The van der Waals surface area contributed by atoms with Crippen LogP contribution in [0.15, 0.2) is 6.20 Å². The number of methoxy groups -OCH3 is 1. The van der Waals surface area contributed by atoms with Crippen LogP contribution in [-0.2, 0) is 16.1 Å². The lowest BCUT2D eigenvalue weighted by molar-refractivity contribution is -0.146. The average molecular weight is 246 g/mol. The molecule has 5 nitrogen and oxygen atoms in total. The van der Waals surface area contributed by atoms with Crippen LogP contribution in [0.1, 0.15) is 19.0 Å². The zero-order valence-electron chi connectivity index (χ0n) is 9.66. The van der Waals surface area contributed by atoms with Crippen LogP contribution in [0, 0.1) is 6.92 Å². The minimum atomic E-state index is -1.00. The molecule has 16 heavy (non-hydrogen) atoms. The summed E-state index contributed by atoms with van der Waals surface area (Å²) in [6, 6.07) is 0. The molecule has 1 aromatic heterocycles. The fourth-order valence-electron chi connectivity index (χ4n) is 1.32. The Balaban J connectivity index is 2.64. The molecule has 1 rings (SSSR count). The lowest BCUT2D eigenvalue weighted by Gasteiger charge is -2.21. The van der Waals surface area contributed by atoms with Crippen molar-refractivity contribution in [3.05, 3.63) is 16.9 Å². The van der Waals surface area contributed by atoms with Gasteiger partial charge in [0, 0.05) is 6.54 Å². The number of carbonyl (C=O) groups excluding carboxylic acids is 1. The van der Waals surface area contributed by atoms with E-state index in [4.69, 9.17) is 17.3 Å². The predicted molar refractivity (Wildman–Crippen MR) is 61.2 cm³/mol. The number of rotatable bonds is 4. The van der Waals surface area contributed by atoms with E-state index >= 15 is 0 Å². The van der Waals surface area contributed by atoms with Gasteiger partial charge in [0.1, 0.15) is 5.54 Å². The molecule has 0 radical (unpaired) electrons. The molecule has 0 bridgehead atoms. The SMILES string of the molecule is COC(=O)C(C)(N)CCn1ncc(Cl)c1C. The zero-order valence-corrected chi connectivity index (χ0v) is 10.4. The summed E-state index contributed by atoms with van der Waals surface area (Å²) in [7, 11) is 1.32. The molecule has 0 saturated carbocycles. The van der Waals surface area contributed by atoms with Gasteiger partial charge in [-0.3, -0.25) is 9.48 Å². The maximum absolute atomic E-state index is 11.3. The number of aryl methyl sites for hydroxylation is 1. The van der Waals surface area contributed by atoms with Gasteiger partial charge in [0.15, 0.2) is 0 Å². The Bertz CT molecular complexity index is 387. The van der Waals surface area contributed by atoms with E-state index in [2.05, 4.69) is 9.84 Å². The normalized spacial score (nSPS) is 14.6. The number of halogens is 1. The third-order valence-corrected chi connectivity index (χ3v) is 2.91. The zero-order chi connectivity index (χ0) is 12.3. The van der Waals surface area contributed by atoms with Crippen molar-refractivity contribution in [3.63, 3.8) is 0 Å². The van der Waals surface area contributed by atoms with Crippen molar-refractivity contribution < 1.29 is 9.53 Å². The van der Waals surface area contributed by atoms with Crippen LogP contribution in [0.5, 0.6) is 0 Å². The quantitative estimate of drug-likeness (QED) is 0.808. The summed E-state index contributed by atoms with van der Waals surface area (Å²) in [5.74, 6) is -0.427. The van der Waals surface area contributed by atoms with Gasteiger partial charge < -0.3 is 10.5 Å². The summed E-state index contributed by atoms with van der Waals surface area (Å²) in [4.78, 5) is 11.3. The Labute approximate surface area is 99.5 Å². The molecule has 0 fully saturated rings. The fraction of sp³-hybridized carbons (Fsp3) is 0.600. The number of nitrogens with two attached hydrogens (primary N) is 1. The second kappa shape index (κ2) is 4.84. The lowest BCUT2D eigenvalue weighted by atomic mass is 10.00. The van der Waals surface area contributed by atoms with Crippen LogP contribution in [0.25, 0.3) is 0 Å². The van der Waals surface area contributed by atoms with E-state index in [1.807, 2.05) is 6.92 Å². The molecule has 0 saturated heterocycles. The van der Waals surface area contributed by atoms with E-state index in [9.17, 15) is 4.79 Å². The first-order valence-corrected chi connectivity index (χ1v) is 5.31. The van der Waals surface area contributed by atoms with Gasteiger partial charge in [0.05, 0.1) is 24.0 Å². The van der Waals surface area contributed by atoms with Crippen LogP contribution in [0.2, 0.25) is 5.02 Å². The maximum Gasteiger partial charge on any atom is 0.325 e. The molecule has 1 unspecified atom stereocenters. The number of carbonyl (C=O) groups is 1. The minimum absolute atomic E-state index is 0.427. The molecule has 0 spiro atoms. The van der Waals surface area contributed by atoms with Crippen LogP contribution >= 0.6 is 11.6 Å². The molecule has 90 valence electrons. The van der Waals surface area contributed by atoms with Gasteiger partial charge in [0.25, 0.3) is 0 Å². The van der Waals surface area contributed by atoms with Crippen molar-refractivity contribution >= 4 is 17.6 Å². The highest BCUT2D eigenvalue weighted by Gasteiger charge is 2.29. The Hall–Kier alpha value is -1.07. The highest BCUT2D eigenvalue weighted by Crippen LogP contribution is 2.16. The van der Waals surface area contributed by atoms with Crippen molar-refractivity contribution in [3.8, 4) is 0 Å². The summed E-state index contributed by atoms with van der Waals surface area (Å²) in [5, 5.41) is 4.69. The summed E-state index contributed by atoms with van der Waals surface area (Å²) in [5.41, 5.74) is 5.69. The number of aromatic nitrogens is 2. The fourth-order valence-corrected chi connectivity index (χ4v) is 1.46. The third kappa shape index (κ3) is 2.74. The van der Waals surface area contributed by atoms with Gasteiger partial charge in [-0.1, -0.05) is 11.6 Å². The van der Waals surface area contributed by atoms with Crippen molar-refractivity contribution in [1.29, 1.82) is 0 Å². The summed E-state index contributed by atoms with van der Waals surface area (Å²) < 4.78 is 6.34. The smallest absolute Gasteiger partial charge is 0.325 e.